The van der Waals surface area contributed by atoms with Crippen molar-refractivity contribution in [3.63, 3.8) is 0 Å². The predicted octanol–water partition coefficient (Wildman–Crippen LogP) is 2.10. The number of hydrogen-bond donors (Lipinski definition) is 0. The van der Waals surface area contributed by atoms with Crippen LogP contribution in [0.3, 0.4) is 0 Å². The number of carbonyl (C=O) groups excluding carboxylic acids is 2. The van der Waals surface area contributed by atoms with Gasteiger partial charge in [-0.3, -0.25) is 9.59 Å². The molecule has 0 aromatic rings. The molecule has 0 aliphatic heterocycles. The van der Waals surface area contributed by atoms with E-state index in [1.165, 1.54) is 0 Å². The molecule has 1 aliphatic carbocycles. The van der Waals surface area contributed by atoms with E-state index in [1.54, 1.807) is 0 Å². The van der Waals surface area contributed by atoms with Gasteiger partial charge >= 0.3 is 0 Å². The molecule has 0 aromatic heterocycles. The Bertz CT molecular complexity index is 211. The summed E-state index contributed by atoms with van der Waals surface area (Å²) < 4.78 is 0. The third-order valence-electron chi connectivity index (χ3n) is 2.02. The van der Waals surface area contributed by atoms with Crippen molar-refractivity contribution in [3.8, 4) is 0 Å². The van der Waals surface area contributed by atoms with Gasteiger partial charge in [0, 0.05) is 11.8 Å². The minimum atomic E-state index is -0.474. The SMILES string of the molecule is O=C(Cl)[C@H]1CC=CC[C@H]1C(=O)Cl. The second-order valence-corrected chi connectivity index (χ2v) is 3.51. The molecular weight excluding hydrogens is 199 g/mol. The largest absolute Gasteiger partial charge is 0.281 e. The van der Waals surface area contributed by atoms with Crippen LogP contribution < -0.4 is 0 Å². The highest BCUT2D eigenvalue weighted by Gasteiger charge is 2.31. The van der Waals surface area contributed by atoms with Crippen LogP contribution in [-0.4, -0.2) is 10.5 Å². The molecule has 2 atom stereocenters. The lowest BCUT2D eigenvalue weighted by Gasteiger charge is -2.21. The third kappa shape index (κ3) is 2.08. The Morgan fingerprint density at radius 2 is 1.33 bits per heavy atom. The van der Waals surface area contributed by atoms with Gasteiger partial charge in [0.1, 0.15) is 0 Å². The zero-order valence-electron chi connectivity index (χ0n) is 6.30. The van der Waals surface area contributed by atoms with E-state index in [-0.39, 0.29) is 0 Å². The fraction of sp³-hybridized carbons (Fsp3) is 0.500. The summed E-state index contributed by atoms with van der Waals surface area (Å²) in [6.07, 6.45) is 4.74. The van der Waals surface area contributed by atoms with Gasteiger partial charge in [-0.15, -0.1) is 0 Å². The summed E-state index contributed by atoms with van der Waals surface area (Å²) in [5.41, 5.74) is 0. The Morgan fingerprint density at radius 3 is 1.58 bits per heavy atom. The fourth-order valence-corrected chi connectivity index (χ4v) is 1.80. The van der Waals surface area contributed by atoms with Gasteiger partial charge < -0.3 is 0 Å². The Kier molecular flexibility index (Phi) is 3.29. The van der Waals surface area contributed by atoms with Crippen LogP contribution in [0.15, 0.2) is 12.2 Å². The van der Waals surface area contributed by atoms with E-state index in [1.807, 2.05) is 12.2 Å². The molecule has 0 saturated carbocycles. The van der Waals surface area contributed by atoms with Gasteiger partial charge in [-0.25, -0.2) is 0 Å². The van der Waals surface area contributed by atoms with Crippen LogP contribution in [0.5, 0.6) is 0 Å². The quantitative estimate of drug-likeness (QED) is 0.513. The third-order valence-corrected chi connectivity index (χ3v) is 2.58. The zero-order valence-corrected chi connectivity index (χ0v) is 7.81. The lowest BCUT2D eigenvalue weighted by atomic mass is 9.85. The maximum absolute atomic E-state index is 10.8. The Morgan fingerprint density at radius 1 is 1.00 bits per heavy atom. The molecule has 1 aliphatic rings. The van der Waals surface area contributed by atoms with Crippen LogP contribution in [-0.2, 0) is 9.59 Å². The molecule has 4 heteroatoms. The molecule has 0 saturated heterocycles. The molecule has 0 N–H and O–H groups in total. The molecule has 0 unspecified atom stereocenters. The van der Waals surface area contributed by atoms with Gasteiger partial charge in [-0.1, -0.05) is 12.2 Å². The molecule has 0 bridgehead atoms. The number of hydrogen-bond acceptors (Lipinski definition) is 2. The first kappa shape index (κ1) is 9.75. The Hall–Kier alpha value is -0.340. The summed E-state index contributed by atoms with van der Waals surface area (Å²) in [5.74, 6) is -0.858. The lowest BCUT2D eigenvalue weighted by Crippen LogP contribution is -2.26. The van der Waals surface area contributed by atoms with E-state index in [0.29, 0.717) is 12.8 Å². The van der Waals surface area contributed by atoms with Crippen molar-refractivity contribution in [2.24, 2.45) is 11.8 Å². The number of allylic oxidation sites excluding steroid dienone is 2. The molecule has 0 heterocycles. The molecule has 2 nitrogen and oxygen atoms in total. The average molecular weight is 207 g/mol. The number of carbonyl (C=O) groups is 2. The van der Waals surface area contributed by atoms with Crippen LogP contribution in [0.1, 0.15) is 12.8 Å². The normalized spacial score (nSPS) is 28.5. The topological polar surface area (TPSA) is 34.1 Å². The molecule has 0 spiro atoms. The second kappa shape index (κ2) is 4.06. The summed E-state index contributed by atoms with van der Waals surface area (Å²) in [7, 11) is 0. The Balaban J connectivity index is 2.76. The molecule has 0 aromatic carbocycles. The molecule has 0 radical (unpaired) electrons. The van der Waals surface area contributed by atoms with E-state index < -0.39 is 22.3 Å². The maximum atomic E-state index is 10.8. The highest BCUT2D eigenvalue weighted by Crippen LogP contribution is 2.29. The number of rotatable bonds is 2. The van der Waals surface area contributed by atoms with Gasteiger partial charge in [0.05, 0.1) is 0 Å². The highest BCUT2D eigenvalue weighted by atomic mass is 35.5. The van der Waals surface area contributed by atoms with Crippen molar-refractivity contribution < 1.29 is 9.59 Å². The van der Waals surface area contributed by atoms with Crippen LogP contribution in [0.25, 0.3) is 0 Å². The second-order valence-electron chi connectivity index (χ2n) is 2.76. The molecular formula is C8H8Cl2O2. The summed E-state index contributed by atoms with van der Waals surface area (Å²) in [4.78, 5) is 21.7. The Labute approximate surface area is 80.5 Å². The molecule has 12 heavy (non-hydrogen) atoms. The van der Waals surface area contributed by atoms with Gasteiger partial charge in [-0.2, -0.15) is 0 Å². The summed E-state index contributed by atoms with van der Waals surface area (Å²) in [6, 6.07) is 0. The van der Waals surface area contributed by atoms with E-state index in [9.17, 15) is 9.59 Å². The first-order chi connectivity index (χ1) is 5.63. The summed E-state index contributed by atoms with van der Waals surface area (Å²) in [5, 5.41) is -0.947. The maximum Gasteiger partial charge on any atom is 0.225 e. The van der Waals surface area contributed by atoms with Gasteiger partial charge in [0.2, 0.25) is 10.5 Å². The van der Waals surface area contributed by atoms with E-state index in [2.05, 4.69) is 0 Å². The highest BCUT2D eigenvalue weighted by molar-refractivity contribution is 6.66. The molecule has 66 valence electrons. The van der Waals surface area contributed by atoms with Crippen molar-refractivity contribution in [1.29, 1.82) is 0 Å². The van der Waals surface area contributed by atoms with E-state index in [4.69, 9.17) is 23.2 Å². The van der Waals surface area contributed by atoms with Gasteiger partial charge in [0.25, 0.3) is 0 Å². The van der Waals surface area contributed by atoms with E-state index >= 15 is 0 Å². The number of halogens is 2. The minimum Gasteiger partial charge on any atom is -0.281 e. The predicted molar refractivity (Wildman–Crippen MR) is 47.1 cm³/mol. The smallest absolute Gasteiger partial charge is 0.225 e. The van der Waals surface area contributed by atoms with Crippen molar-refractivity contribution in [1.82, 2.24) is 0 Å². The molecule has 0 amide bonds. The van der Waals surface area contributed by atoms with E-state index in [0.717, 1.165) is 0 Å². The van der Waals surface area contributed by atoms with Crippen LogP contribution >= 0.6 is 23.2 Å². The van der Waals surface area contributed by atoms with Crippen LogP contribution in [0.2, 0.25) is 0 Å². The van der Waals surface area contributed by atoms with Crippen molar-refractivity contribution in [3.05, 3.63) is 12.2 Å². The summed E-state index contributed by atoms with van der Waals surface area (Å²) >= 11 is 10.6. The van der Waals surface area contributed by atoms with Gasteiger partial charge in [0.15, 0.2) is 0 Å². The first-order valence-corrected chi connectivity index (χ1v) is 4.42. The summed E-state index contributed by atoms with van der Waals surface area (Å²) in [6.45, 7) is 0. The van der Waals surface area contributed by atoms with Gasteiger partial charge in [-0.05, 0) is 36.0 Å². The van der Waals surface area contributed by atoms with Crippen molar-refractivity contribution in [2.75, 3.05) is 0 Å². The van der Waals surface area contributed by atoms with Crippen molar-refractivity contribution in [2.45, 2.75) is 12.8 Å². The minimum absolute atomic E-state index is 0.429. The zero-order chi connectivity index (χ0) is 9.14. The van der Waals surface area contributed by atoms with Crippen LogP contribution in [0, 0.1) is 11.8 Å². The standard InChI is InChI=1S/C8H8Cl2O2/c9-7(11)5-3-1-2-4-6(5)8(10)12/h1-2,5-6H,3-4H2/t5-,6+. The fourth-order valence-electron chi connectivity index (χ4n) is 1.32. The monoisotopic (exact) mass is 206 g/mol. The van der Waals surface area contributed by atoms with Crippen LogP contribution in [0.4, 0.5) is 0 Å². The lowest BCUT2D eigenvalue weighted by molar-refractivity contribution is -0.123. The first-order valence-electron chi connectivity index (χ1n) is 3.66. The van der Waals surface area contributed by atoms with Crippen molar-refractivity contribution >= 4 is 33.7 Å². The molecule has 1 rings (SSSR count). The molecule has 0 fully saturated rings. The average Bonchev–Trinajstić information content (AvgIpc) is 2.04.